The van der Waals surface area contributed by atoms with Gasteiger partial charge in [0.15, 0.2) is 0 Å². The largest absolute Gasteiger partial charge is 0.378 e. The van der Waals surface area contributed by atoms with Gasteiger partial charge < -0.3 is 10.3 Å². The van der Waals surface area contributed by atoms with Crippen molar-refractivity contribution in [3.05, 3.63) is 48.0 Å². The average molecular weight is 229 g/mol. The molecule has 0 aliphatic carbocycles. The number of aromatic nitrogens is 2. The van der Waals surface area contributed by atoms with Crippen molar-refractivity contribution >= 4 is 5.69 Å². The van der Waals surface area contributed by atoms with Crippen molar-refractivity contribution in [3.63, 3.8) is 0 Å². The second-order valence-corrected chi connectivity index (χ2v) is 5.21. The molecule has 2 N–H and O–H groups in total. The molecular weight excluding hydrogens is 210 g/mol. The molecule has 0 atom stereocenters. The van der Waals surface area contributed by atoms with E-state index in [2.05, 4.69) is 36.1 Å². The Balaban J connectivity index is 1.99. The quantitative estimate of drug-likeness (QED) is 0.847. The number of anilines is 1. The molecule has 0 bridgehead atoms. The van der Waals surface area contributed by atoms with Crippen molar-refractivity contribution in [2.75, 3.05) is 5.32 Å². The minimum absolute atomic E-state index is 0.123. The maximum Gasteiger partial charge on any atom is 0.125 e. The predicted molar refractivity (Wildman–Crippen MR) is 71.1 cm³/mol. The van der Waals surface area contributed by atoms with E-state index in [-0.39, 0.29) is 5.41 Å². The average Bonchev–Trinajstić information content (AvgIpc) is 2.76. The fourth-order valence-corrected chi connectivity index (χ4v) is 1.58. The molecule has 17 heavy (non-hydrogen) atoms. The van der Waals surface area contributed by atoms with E-state index in [0.717, 1.165) is 18.1 Å². The number of H-pyrrole nitrogens is 1. The Labute approximate surface area is 102 Å². The Morgan fingerprint density at radius 3 is 2.47 bits per heavy atom. The van der Waals surface area contributed by atoms with Crippen LogP contribution in [0.25, 0.3) is 0 Å². The Morgan fingerprint density at radius 2 is 1.88 bits per heavy atom. The van der Waals surface area contributed by atoms with E-state index in [1.807, 2.05) is 36.5 Å². The molecule has 0 aliphatic heterocycles. The third kappa shape index (κ3) is 3.09. The lowest BCUT2D eigenvalue weighted by atomic mass is 9.93. The fourth-order valence-electron chi connectivity index (χ4n) is 1.58. The van der Waals surface area contributed by atoms with Gasteiger partial charge in [-0.2, -0.15) is 0 Å². The van der Waals surface area contributed by atoms with Crippen LogP contribution in [0, 0.1) is 0 Å². The summed E-state index contributed by atoms with van der Waals surface area (Å²) in [4.78, 5) is 7.73. The summed E-state index contributed by atoms with van der Waals surface area (Å²) in [6.45, 7) is 7.25. The number of para-hydroxylation sites is 1. The predicted octanol–water partition coefficient (Wildman–Crippen LogP) is 3.32. The molecule has 2 aromatic rings. The summed E-state index contributed by atoms with van der Waals surface area (Å²) in [6, 6.07) is 10.1. The lowest BCUT2D eigenvalue weighted by molar-refractivity contribution is 0.571. The summed E-state index contributed by atoms with van der Waals surface area (Å²) in [5.41, 5.74) is 2.40. The first-order chi connectivity index (χ1) is 8.05. The molecule has 3 nitrogen and oxygen atoms in total. The summed E-state index contributed by atoms with van der Waals surface area (Å²) in [6.07, 6.45) is 1.92. The van der Waals surface area contributed by atoms with E-state index >= 15 is 0 Å². The van der Waals surface area contributed by atoms with Crippen LogP contribution >= 0.6 is 0 Å². The van der Waals surface area contributed by atoms with Gasteiger partial charge in [-0.25, -0.2) is 4.98 Å². The molecule has 0 radical (unpaired) electrons. The number of hydrogen-bond acceptors (Lipinski definition) is 2. The van der Waals surface area contributed by atoms with Crippen molar-refractivity contribution in [2.45, 2.75) is 32.7 Å². The van der Waals surface area contributed by atoms with Crippen LogP contribution in [0.4, 0.5) is 5.69 Å². The van der Waals surface area contributed by atoms with Crippen LogP contribution in [0.2, 0.25) is 0 Å². The first-order valence-electron chi connectivity index (χ1n) is 5.89. The molecule has 0 unspecified atom stereocenters. The highest BCUT2D eigenvalue weighted by Crippen LogP contribution is 2.19. The number of nitrogens with one attached hydrogen (secondary N) is 2. The number of benzene rings is 1. The molecule has 1 aromatic carbocycles. The molecule has 0 aliphatic rings. The van der Waals surface area contributed by atoms with E-state index in [1.165, 1.54) is 5.69 Å². The van der Waals surface area contributed by atoms with E-state index in [0.29, 0.717) is 0 Å². The molecule has 0 saturated carbocycles. The molecule has 2 rings (SSSR count). The normalized spacial score (nSPS) is 11.5. The topological polar surface area (TPSA) is 40.7 Å². The highest BCUT2D eigenvalue weighted by atomic mass is 15.0. The number of hydrogen-bond donors (Lipinski definition) is 2. The van der Waals surface area contributed by atoms with Gasteiger partial charge in [0.25, 0.3) is 0 Å². The molecule has 0 amide bonds. The standard InChI is InChI=1S/C14H19N3/c1-14(2,3)12-9-16-13(17-12)10-15-11-7-5-4-6-8-11/h4-9,15H,10H2,1-3H3,(H,16,17). The van der Waals surface area contributed by atoms with Crippen molar-refractivity contribution in [1.29, 1.82) is 0 Å². The van der Waals surface area contributed by atoms with Crippen LogP contribution in [-0.2, 0) is 12.0 Å². The molecule has 1 heterocycles. The third-order valence-corrected chi connectivity index (χ3v) is 2.67. The van der Waals surface area contributed by atoms with Gasteiger partial charge >= 0.3 is 0 Å². The van der Waals surface area contributed by atoms with Crippen LogP contribution in [-0.4, -0.2) is 9.97 Å². The lowest BCUT2D eigenvalue weighted by Gasteiger charge is -2.15. The van der Waals surface area contributed by atoms with Crippen molar-refractivity contribution in [1.82, 2.24) is 9.97 Å². The zero-order chi connectivity index (χ0) is 12.3. The SMILES string of the molecule is CC(C)(C)c1cnc(CNc2ccccc2)[nH]1. The van der Waals surface area contributed by atoms with Gasteiger partial charge in [-0.15, -0.1) is 0 Å². The van der Waals surface area contributed by atoms with Crippen LogP contribution in [0.15, 0.2) is 36.5 Å². The van der Waals surface area contributed by atoms with Crippen LogP contribution in [0.1, 0.15) is 32.3 Å². The van der Waals surface area contributed by atoms with Gasteiger partial charge in [-0.3, -0.25) is 0 Å². The third-order valence-electron chi connectivity index (χ3n) is 2.67. The highest BCUT2D eigenvalue weighted by Gasteiger charge is 2.16. The summed E-state index contributed by atoms with van der Waals surface area (Å²) >= 11 is 0. The molecule has 3 heteroatoms. The monoisotopic (exact) mass is 229 g/mol. The fraction of sp³-hybridized carbons (Fsp3) is 0.357. The molecule has 90 valence electrons. The summed E-state index contributed by atoms with van der Waals surface area (Å²) in [7, 11) is 0. The van der Waals surface area contributed by atoms with Gasteiger partial charge in [0.2, 0.25) is 0 Å². The second-order valence-electron chi connectivity index (χ2n) is 5.21. The Kier molecular flexibility index (Phi) is 3.18. The minimum atomic E-state index is 0.123. The summed E-state index contributed by atoms with van der Waals surface area (Å²) in [5, 5.41) is 3.33. The van der Waals surface area contributed by atoms with Crippen LogP contribution in [0.5, 0.6) is 0 Å². The Hall–Kier alpha value is -1.77. The number of rotatable bonds is 3. The lowest BCUT2D eigenvalue weighted by Crippen LogP contribution is -2.11. The van der Waals surface area contributed by atoms with Crippen molar-refractivity contribution < 1.29 is 0 Å². The Bertz CT molecular complexity index is 466. The minimum Gasteiger partial charge on any atom is -0.378 e. The van der Waals surface area contributed by atoms with Gasteiger partial charge in [0.05, 0.1) is 6.54 Å². The first kappa shape index (κ1) is 11.7. The first-order valence-corrected chi connectivity index (χ1v) is 5.89. The molecule has 0 spiro atoms. The van der Waals surface area contributed by atoms with Crippen molar-refractivity contribution in [3.8, 4) is 0 Å². The number of imidazole rings is 1. The van der Waals surface area contributed by atoms with E-state index < -0.39 is 0 Å². The van der Waals surface area contributed by atoms with E-state index in [4.69, 9.17) is 0 Å². The molecule has 0 fully saturated rings. The van der Waals surface area contributed by atoms with Gasteiger partial charge in [-0.05, 0) is 12.1 Å². The van der Waals surface area contributed by atoms with Crippen molar-refractivity contribution in [2.24, 2.45) is 0 Å². The van der Waals surface area contributed by atoms with Gasteiger partial charge in [-0.1, -0.05) is 39.0 Å². The zero-order valence-corrected chi connectivity index (χ0v) is 10.6. The van der Waals surface area contributed by atoms with Gasteiger partial charge in [0, 0.05) is 23.0 Å². The van der Waals surface area contributed by atoms with E-state index in [9.17, 15) is 0 Å². The Morgan fingerprint density at radius 1 is 1.18 bits per heavy atom. The van der Waals surface area contributed by atoms with Crippen LogP contribution in [0.3, 0.4) is 0 Å². The van der Waals surface area contributed by atoms with Gasteiger partial charge in [0.1, 0.15) is 5.82 Å². The number of nitrogens with zero attached hydrogens (tertiary/aromatic N) is 1. The summed E-state index contributed by atoms with van der Waals surface area (Å²) < 4.78 is 0. The zero-order valence-electron chi connectivity index (χ0n) is 10.6. The maximum absolute atomic E-state index is 4.38. The maximum atomic E-state index is 4.38. The second kappa shape index (κ2) is 4.62. The highest BCUT2D eigenvalue weighted by molar-refractivity contribution is 5.42. The number of aromatic amines is 1. The smallest absolute Gasteiger partial charge is 0.125 e. The molecule has 1 aromatic heterocycles. The molecular formula is C14H19N3. The summed E-state index contributed by atoms with van der Waals surface area (Å²) in [5.74, 6) is 0.971. The van der Waals surface area contributed by atoms with Crippen LogP contribution < -0.4 is 5.32 Å². The van der Waals surface area contributed by atoms with E-state index in [1.54, 1.807) is 0 Å². The molecule has 0 saturated heterocycles.